The zero-order chi connectivity index (χ0) is 27.0. The summed E-state index contributed by atoms with van der Waals surface area (Å²) in [5.41, 5.74) is 1.02. The maximum Gasteiger partial charge on any atom is 0.280 e. The molecule has 0 unspecified atom stereocenters. The Morgan fingerprint density at radius 3 is 2.71 bits per heavy atom. The number of para-hydroxylation sites is 1. The topological polar surface area (TPSA) is 86.3 Å². The highest BCUT2D eigenvalue weighted by atomic mass is 79.9. The van der Waals surface area contributed by atoms with E-state index in [0.29, 0.717) is 32.4 Å². The maximum atomic E-state index is 14.0. The molecule has 0 saturated carbocycles. The predicted molar refractivity (Wildman–Crippen MR) is 143 cm³/mol. The van der Waals surface area contributed by atoms with Crippen molar-refractivity contribution in [1.29, 1.82) is 0 Å². The van der Waals surface area contributed by atoms with Gasteiger partial charge in [-0.05, 0) is 51.8 Å². The Hall–Kier alpha value is -3.54. The minimum Gasteiger partial charge on any atom is -0.496 e. The predicted octanol–water partition coefficient (Wildman–Crippen LogP) is 6.91. The molecular formula is C25H17BrCl2F2N6O2. The van der Waals surface area contributed by atoms with Crippen LogP contribution in [-0.2, 0) is 6.54 Å². The highest BCUT2D eigenvalue weighted by Gasteiger charge is 2.23. The minimum absolute atomic E-state index is 0.00848. The second-order valence-corrected chi connectivity index (χ2v) is 9.77. The summed E-state index contributed by atoms with van der Waals surface area (Å²) < 4.78 is 36.3. The standard InChI is InChI=1S/C25H17BrCl2F2N6O2/c1-38-21-5-3-2-4-15(21)19-9-20(22(29)30)36-24(32-19)16(10-31-36)25(37)33-23-17(26)12-35(34-23)11-13-6-7-14(27)8-18(13)28/h2-10,12,22H,11H2,1H3,(H,33,34,37). The van der Waals surface area contributed by atoms with E-state index < -0.39 is 18.0 Å². The molecule has 2 aromatic carbocycles. The van der Waals surface area contributed by atoms with Gasteiger partial charge in [0.2, 0.25) is 0 Å². The fraction of sp³-hybridized carbons (Fsp3) is 0.120. The first-order valence-electron chi connectivity index (χ1n) is 11.0. The minimum atomic E-state index is -2.87. The average molecular weight is 622 g/mol. The van der Waals surface area contributed by atoms with Gasteiger partial charge in [0.1, 0.15) is 17.0 Å². The first-order valence-corrected chi connectivity index (χ1v) is 12.6. The van der Waals surface area contributed by atoms with Gasteiger partial charge in [0.25, 0.3) is 12.3 Å². The normalized spacial score (nSPS) is 11.3. The molecule has 0 aliphatic carbocycles. The van der Waals surface area contributed by atoms with E-state index >= 15 is 0 Å². The molecule has 0 aliphatic heterocycles. The van der Waals surface area contributed by atoms with Crippen molar-refractivity contribution >= 4 is 56.5 Å². The second-order valence-electron chi connectivity index (χ2n) is 8.07. The van der Waals surface area contributed by atoms with Crippen LogP contribution < -0.4 is 10.1 Å². The highest BCUT2D eigenvalue weighted by Crippen LogP contribution is 2.32. The van der Waals surface area contributed by atoms with Crippen LogP contribution >= 0.6 is 39.1 Å². The number of methoxy groups -OCH3 is 1. The van der Waals surface area contributed by atoms with E-state index in [1.165, 1.54) is 19.4 Å². The zero-order valence-corrected chi connectivity index (χ0v) is 22.6. The third-order valence-electron chi connectivity index (χ3n) is 5.65. The molecule has 13 heteroatoms. The number of benzene rings is 2. The Kier molecular flexibility index (Phi) is 7.33. The molecule has 38 heavy (non-hydrogen) atoms. The van der Waals surface area contributed by atoms with E-state index in [4.69, 9.17) is 27.9 Å². The molecule has 5 rings (SSSR count). The van der Waals surface area contributed by atoms with Crippen molar-refractivity contribution in [2.24, 2.45) is 0 Å². The monoisotopic (exact) mass is 620 g/mol. The number of carbonyl (C=O) groups is 1. The molecule has 0 atom stereocenters. The number of anilines is 1. The Morgan fingerprint density at radius 1 is 1.18 bits per heavy atom. The first-order chi connectivity index (χ1) is 18.2. The highest BCUT2D eigenvalue weighted by molar-refractivity contribution is 9.10. The van der Waals surface area contributed by atoms with E-state index in [0.717, 1.165) is 10.1 Å². The van der Waals surface area contributed by atoms with Gasteiger partial charge in [-0.25, -0.2) is 18.3 Å². The van der Waals surface area contributed by atoms with Gasteiger partial charge in [-0.3, -0.25) is 9.48 Å². The molecule has 0 fully saturated rings. The van der Waals surface area contributed by atoms with Crippen LogP contribution in [0.5, 0.6) is 5.75 Å². The number of hydrogen-bond donors (Lipinski definition) is 1. The van der Waals surface area contributed by atoms with Crippen molar-refractivity contribution in [1.82, 2.24) is 24.4 Å². The summed E-state index contributed by atoms with van der Waals surface area (Å²) in [5, 5.41) is 12.1. The quantitative estimate of drug-likeness (QED) is 0.213. The lowest BCUT2D eigenvalue weighted by Gasteiger charge is -2.11. The summed E-state index contributed by atoms with van der Waals surface area (Å²) in [6, 6.07) is 13.2. The molecule has 8 nitrogen and oxygen atoms in total. The summed E-state index contributed by atoms with van der Waals surface area (Å²) in [5.74, 6) is 0.0418. The average Bonchev–Trinajstić information content (AvgIpc) is 3.47. The lowest BCUT2D eigenvalue weighted by Crippen LogP contribution is -2.14. The molecule has 1 N–H and O–H groups in total. The van der Waals surface area contributed by atoms with E-state index in [1.54, 1.807) is 53.3 Å². The summed E-state index contributed by atoms with van der Waals surface area (Å²) in [4.78, 5) is 17.7. The molecule has 1 amide bonds. The van der Waals surface area contributed by atoms with Gasteiger partial charge in [-0.1, -0.05) is 41.4 Å². The van der Waals surface area contributed by atoms with Crippen LogP contribution in [-0.4, -0.2) is 37.4 Å². The van der Waals surface area contributed by atoms with Crippen LogP contribution in [0.1, 0.15) is 28.0 Å². The Balaban J connectivity index is 1.48. The summed E-state index contributed by atoms with van der Waals surface area (Å²) in [6.07, 6.45) is -0.00773. The SMILES string of the molecule is COc1ccccc1-c1cc(C(F)F)n2ncc(C(=O)Nc3nn(Cc4ccc(Cl)cc4Cl)cc3Br)c2n1. The fourth-order valence-corrected chi connectivity index (χ4v) is 4.74. The van der Waals surface area contributed by atoms with Gasteiger partial charge in [0.05, 0.1) is 30.0 Å². The fourth-order valence-electron chi connectivity index (χ4n) is 3.86. The van der Waals surface area contributed by atoms with Crippen molar-refractivity contribution < 1.29 is 18.3 Å². The molecule has 0 spiro atoms. The van der Waals surface area contributed by atoms with Crippen molar-refractivity contribution in [3.05, 3.63) is 92.3 Å². The molecule has 194 valence electrons. The first kappa shape index (κ1) is 26.1. The number of aromatic nitrogens is 5. The Morgan fingerprint density at radius 2 is 1.97 bits per heavy atom. The van der Waals surface area contributed by atoms with Gasteiger partial charge >= 0.3 is 0 Å². The number of halogens is 5. The van der Waals surface area contributed by atoms with Crippen molar-refractivity contribution in [3.8, 4) is 17.0 Å². The van der Waals surface area contributed by atoms with Gasteiger partial charge in [0.15, 0.2) is 11.5 Å². The third-order valence-corrected chi connectivity index (χ3v) is 6.81. The maximum absolute atomic E-state index is 14.0. The second kappa shape index (κ2) is 10.7. The number of amides is 1. The molecule has 3 aromatic heterocycles. The molecule has 3 heterocycles. The molecular weight excluding hydrogens is 605 g/mol. The molecule has 0 bridgehead atoms. The number of nitrogens with one attached hydrogen (secondary N) is 1. The molecule has 5 aromatic rings. The van der Waals surface area contributed by atoms with Crippen LogP contribution in [0.4, 0.5) is 14.6 Å². The Bertz CT molecular complexity index is 1670. The van der Waals surface area contributed by atoms with Gasteiger partial charge in [0, 0.05) is 21.8 Å². The number of ether oxygens (including phenoxy) is 1. The number of hydrogen-bond acceptors (Lipinski definition) is 5. The number of fused-ring (bicyclic) bond motifs is 1. The molecule has 0 radical (unpaired) electrons. The van der Waals surface area contributed by atoms with Crippen LogP contribution in [0, 0.1) is 0 Å². The summed E-state index contributed by atoms with van der Waals surface area (Å²) in [7, 11) is 1.47. The molecule has 0 saturated heterocycles. The largest absolute Gasteiger partial charge is 0.496 e. The van der Waals surface area contributed by atoms with Gasteiger partial charge in [-0.15, -0.1) is 0 Å². The number of carbonyl (C=O) groups excluding carboxylic acids is 1. The van der Waals surface area contributed by atoms with Crippen molar-refractivity contribution in [2.75, 3.05) is 12.4 Å². The lowest BCUT2D eigenvalue weighted by atomic mass is 10.1. The van der Waals surface area contributed by atoms with Crippen LogP contribution in [0.2, 0.25) is 10.0 Å². The van der Waals surface area contributed by atoms with E-state index in [2.05, 4.69) is 36.4 Å². The van der Waals surface area contributed by atoms with Gasteiger partial charge in [-0.2, -0.15) is 10.2 Å². The van der Waals surface area contributed by atoms with Gasteiger partial charge < -0.3 is 10.1 Å². The van der Waals surface area contributed by atoms with Crippen LogP contribution in [0.15, 0.2) is 65.4 Å². The number of nitrogens with zero attached hydrogens (tertiary/aromatic N) is 5. The van der Waals surface area contributed by atoms with Crippen molar-refractivity contribution in [3.63, 3.8) is 0 Å². The smallest absolute Gasteiger partial charge is 0.280 e. The third kappa shape index (κ3) is 5.09. The number of rotatable bonds is 7. The molecule has 0 aliphatic rings. The van der Waals surface area contributed by atoms with E-state index in [1.807, 2.05) is 0 Å². The van der Waals surface area contributed by atoms with Crippen LogP contribution in [0.3, 0.4) is 0 Å². The van der Waals surface area contributed by atoms with Crippen LogP contribution in [0.25, 0.3) is 16.9 Å². The summed E-state index contributed by atoms with van der Waals surface area (Å²) in [6.45, 7) is 0.322. The zero-order valence-electron chi connectivity index (χ0n) is 19.5. The van der Waals surface area contributed by atoms with E-state index in [9.17, 15) is 13.6 Å². The Labute approximate surface area is 233 Å². The lowest BCUT2D eigenvalue weighted by molar-refractivity contribution is 0.102. The summed E-state index contributed by atoms with van der Waals surface area (Å²) >= 11 is 15.6. The van der Waals surface area contributed by atoms with Crippen molar-refractivity contribution in [2.45, 2.75) is 13.0 Å². The van der Waals surface area contributed by atoms with E-state index in [-0.39, 0.29) is 22.7 Å². The number of alkyl halides is 2.